The van der Waals surface area contributed by atoms with Gasteiger partial charge in [-0.2, -0.15) is 0 Å². The summed E-state index contributed by atoms with van der Waals surface area (Å²) in [6.45, 7) is 2.77. The number of carbonyl (C=O) groups is 2. The Bertz CT molecular complexity index is 1160. The van der Waals surface area contributed by atoms with E-state index in [0.717, 1.165) is 29.5 Å². The van der Waals surface area contributed by atoms with E-state index in [0.29, 0.717) is 24.5 Å². The van der Waals surface area contributed by atoms with E-state index >= 15 is 0 Å². The molecule has 0 saturated carbocycles. The highest BCUT2D eigenvalue weighted by molar-refractivity contribution is 6.53. The van der Waals surface area contributed by atoms with E-state index in [-0.39, 0.29) is 10.9 Å². The number of benzene rings is 3. The third kappa shape index (κ3) is 3.02. The molecular weight excluding hydrogens is 398 g/mol. The van der Waals surface area contributed by atoms with Crippen molar-refractivity contribution in [2.75, 3.05) is 36.0 Å². The second-order valence-electron chi connectivity index (χ2n) is 7.42. The van der Waals surface area contributed by atoms with E-state index in [9.17, 15) is 9.59 Å². The third-order valence-corrected chi connectivity index (χ3v) is 6.07. The van der Waals surface area contributed by atoms with Crippen LogP contribution in [0.25, 0.3) is 10.8 Å². The summed E-state index contributed by atoms with van der Waals surface area (Å²) in [5.41, 5.74) is 2.03. The monoisotopic (exact) mass is 417 g/mol. The molecule has 1 fully saturated rings. The van der Waals surface area contributed by atoms with Crippen LogP contribution >= 0.6 is 11.6 Å². The molecule has 0 unspecified atom stereocenters. The number of rotatable bonds is 3. The molecule has 0 aromatic heterocycles. The first kappa shape index (κ1) is 18.7. The summed E-state index contributed by atoms with van der Waals surface area (Å²) >= 11 is 6.42. The molecule has 3 aromatic rings. The Morgan fingerprint density at radius 1 is 0.667 bits per heavy atom. The molecule has 150 valence electrons. The molecular formula is C24H20ClN3O2. The average molecular weight is 418 g/mol. The summed E-state index contributed by atoms with van der Waals surface area (Å²) in [5, 5.41) is 1.82. The maximum Gasteiger partial charge on any atom is 0.283 e. The van der Waals surface area contributed by atoms with E-state index in [1.165, 1.54) is 4.90 Å². The van der Waals surface area contributed by atoms with Crippen molar-refractivity contribution in [2.24, 2.45) is 0 Å². The Morgan fingerprint density at radius 2 is 1.30 bits per heavy atom. The van der Waals surface area contributed by atoms with Crippen LogP contribution in [-0.4, -0.2) is 42.9 Å². The van der Waals surface area contributed by atoms with Gasteiger partial charge in [-0.3, -0.25) is 9.59 Å². The standard InChI is InChI=1S/C24H20ClN3O2/c25-21-22(27-15-13-26(14-16-27)18-9-2-1-3-10-18)24(30)28(23(21)29)20-12-6-8-17-7-4-5-11-19(17)20/h1-12H,13-16H2. The molecule has 0 spiro atoms. The van der Waals surface area contributed by atoms with Crippen molar-refractivity contribution in [3.8, 4) is 0 Å². The van der Waals surface area contributed by atoms with Gasteiger partial charge in [0.1, 0.15) is 10.7 Å². The van der Waals surface area contributed by atoms with Crippen LogP contribution in [0.2, 0.25) is 0 Å². The van der Waals surface area contributed by atoms with Gasteiger partial charge in [-0.1, -0.05) is 66.2 Å². The van der Waals surface area contributed by atoms with Gasteiger partial charge in [-0.25, -0.2) is 4.90 Å². The number of amides is 2. The molecule has 2 amide bonds. The second-order valence-corrected chi connectivity index (χ2v) is 7.79. The van der Waals surface area contributed by atoms with E-state index in [4.69, 9.17) is 11.6 Å². The molecule has 5 nitrogen and oxygen atoms in total. The fraction of sp³-hybridized carbons (Fsp3) is 0.167. The molecule has 30 heavy (non-hydrogen) atoms. The highest BCUT2D eigenvalue weighted by Crippen LogP contribution is 2.35. The molecule has 5 rings (SSSR count). The van der Waals surface area contributed by atoms with Gasteiger partial charge in [0.2, 0.25) is 0 Å². The number of anilines is 2. The van der Waals surface area contributed by atoms with Crippen molar-refractivity contribution >= 4 is 45.6 Å². The van der Waals surface area contributed by atoms with Gasteiger partial charge >= 0.3 is 0 Å². The average Bonchev–Trinajstić information content (AvgIpc) is 3.02. The van der Waals surface area contributed by atoms with Gasteiger partial charge in [0.15, 0.2) is 0 Å². The molecule has 1 saturated heterocycles. The van der Waals surface area contributed by atoms with Gasteiger partial charge in [-0.05, 0) is 23.6 Å². The first-order valence-electron chi connectivity index (χ1n) is 9.96. The molecule has 2 aliphatic heterocycles. The lowest BCUT2D eigenvalue weighted by Gasteiger charge is -2.37. The predicted octanol–water partition coefficient (Wildman–Crippen LogP) is 3.99. The van der Waals surface area contributed by atoms with Crippen LogP contribution in [0.15, 0.2) is 83.5 Å². The van der Waals surface area contributed by atoms with Crippen molar-refractivity contribution in [3.63, 3.8) is 0 Å². The minimum absolute atomic E-state index is 0.00101. The molecule has 0 bridgehead atoms. The lowest BCUT2D eigenvalue weighted by Crippen LogP contribution is -2.47. The number of fused-ring (bicyclic) bond motifs is 1. The molecule has 3 aromatic carbocycles. The van der Waals surface area contributed by atoms with Crippen LogP contribution in [0.1, 0.15) is 0 Å². The van der Waals surface area contributed by atoms with Crippen LogP contribution < -0.4 is 9.80 Å². The molecule has 0 atom stereocenters. The fourth-order valence-corrected chi connectivity index (χ4v) is 4.50. The number of imide groups is 1. The predicted molar refractivity (Wildman–Crippen MR) is 120 cm³/mol. The Balaban J connectivity index is 1.41. The number of piperazine rings is 1. The minimum Gasteiger partial charge on any atom is -0.368 e. The van der Waals surface area contributed by atoms with E-state index in [1.807, 2.05) is 59.5 Å². The number of para-hydroxylation sites is 1. The number of halogens is 1. The maximum absolute atomic E-state index is 13.3. The van der Waals surface area contributed by atoms with Crippen LogP contribution in [0.5, 0.6) is 0 Å². The van der Waals surface area contributed by atoms with Crippen LogP contribution in [0, 0.1) is 0 Å². The molecule has 2 heterocycles. The van der Waals surface area contributed by atoms with Crippen molar-refractivity contribution in [3.05, 3.63) is 83.5 Å². The zero-order valence-electron chi connectivity index (χ0n) is 16.3. The first-order valence-corrected chi connectivity index (χ1v) is 10.3. The molecule has 2 aliphatic rings. The largest absolute Gasteiger partial charge is 0.368 e. The Hall–Kier alpha value is -3.31. The van der Waals surface area contributed by atoms with Gasteiger partial charge in [0.25, 0.3) is 11.8 Å². The lowest BCUT2D eigenvalue weighted by molar-refractivity contribution is -0.121. The third-order valence-electron chi connectivity index (χ3n) is 5.73. The highest BCUT2D eigenvalue weighted by Gasteiger charge is 2.42. The van der Waals surface area contributed by atoms with Gasteiger partial charge in [0, 0.05) is 37.3 Å². The van der Waals surface area contributed by atoms with E-state index in [1.54, 1.807) is 6.07 Å². The second kappa shape index (κ2) is 7.50. The molecule has 0 aliphatic carbocycles. The van der Waals surface area contributed by atoms with Gasteiger partial charge in [0.05, 0.1) is 5.69 Å². The quantitative estimate of drug-likeness (QED) is 0.604. The van der Waals surface area contributed by atoms with Crippen LogP contribution in [-0.2, 0) is 9.59 Å². The lowest BCUT2D eigenvalue weighted by atomic mass is 10.1. The van der Waals surface area contributed by atoms with Crippen molar-refractivity contribution in [2.45, 2.75) is 0 Å². The summed E-state index contributed by atoms with van der Waals surface area (Å²) in [6.07, 6.45) is 0. The van der Waals surface area contributed by atoms with Crippen LogP contribution in [0.3, 0.4) is 0 Å². The van der Waals surface area contributed by atoms with Crippen LogP contribution in [0.4, 0.5) is 11.4 Å². The number of carbonyl (C=O) groups excluding carboxylic acids is 2. The Labute approximate surface area is 179 Å². The summed E-state index contributed by atoms with van der Waals surface area (Å²) in [7, 11) is 0. The highest BCUT2D eigenvalue weighted by atomic mass is 35.5. The summed E-state index contributed by atoms with van der Waals surface area (Å²) < 4.78 is 0. The normalized spacial score (nSPS) is 17.4. The van der Waals surface area contributed by atoms with Crippen molar-refractivity contribution in [1.82, 2.24) is 4.90 Å². The number of nitrogens with zero attached hydrogens (tertiary/aromatic N) is 3. The fourth-order valence-electron chi connectivity index (χ4n) is 4.21. The zero-order valence-corrected chi connectivity index (χ0v) is 17.0. The number of hydrogen-bond acceptors (Lipinski definition) is 4. The molecule has 6 heteroatoms. The van der Waals surface area contributed by atoms with Crippen molar-refractivity contribution < 1.29 is 9.59 Å². The Morgan fingerprint density at radius 3 is 2.07 bits per heavy atom. The summed E-state index contributed by atoms with van der Waals surface area (Å²) in [5.74, 6) is -0.812. The zero-order chi connectivity index (χ0) is 20.7. The van der Waals surface area contributed by atoms with Gasteiger partial charge < -0.3 is 9.80 Å². The van der Waals surface area contributed by atoms with Crippen molar-refractivity contribution in [1.29, 1.82) is 0 Å². The number of hydrogen-bond donors (Lipinski definition) is 0. The van der Waals surface area contributed by atoms with E-state index < -0.39 is 5.91 Å². The van der Waals surface area contributed by atoms with E-state index in [2.05, 4.69) is 17.0 Å². The first-order chi connectivity index (χ1) is 14.6. The SMILES string of the molecule is O=C1C(Cl)=C(N2CCN(c3ccccc3)CC2)C(=O)N1c1cccc2ccccc12. The molecule has 0 radical (unpaired) electrons. The van der Waals surface area contributed by atoms with Gasteiger partial charge in [-0.15, -0.1) is 0 Å². The summed E-state index contributed by atoms with van der Waals surface area (Å²) in [4.78, 5) is 31.7. The topological polar surface area (TPSA) is 43.9 Å². The Kier molecular flexibility index (Phi) is 4.68. The smallest absolute Gasteiger partial charge is 0.283 e. The maximum atomic E-state index is 13.3. The summed E-state index contributed by atoms with van der Waals surface area (Å²) in [6, 6.07) is 23.5. The minimum atomic E-state index is -0.460. The molecule has 0 N–H and O–H groups in total.